The van der Waals surface area contributed by atoms with Crippen molar-refractivity contribution in [3.63, 3.8) is 0 Å². The molecule has 1 unspecified atom stereocenters. The molecule has 0 aromatic rings. The zero-order valence-corrected chi connectivity index (χ0v) is 12.5. The van der Waals surface area contributed by atoms with Gasteiger partial charge in [-0.25, -0.2) is 0 Å². The van der Waals surface area contributed by atoms with Crippen molar-refractivity contribution in [1.29, 1.82) is 0 Å². The molecular formula is CH8I2KP. The first-order valence-corrected chi connectivity index (χ1v) is 2.54. The maximum absolute atomic E-state index is 2.15. The van der Waals surface area contributed by atoms with Crippen molar-refractivity contribution in [2.24, 2.45) is 0 Å². The molecule has 0 aliphatic carbocycles. The van der Waals surface area contributed by atoms with Gasteiger partial charge in [0, 0.05) is 0 Å². The van der Waals surface area contributed by atoms with Gasteiger partial charge in [0.05, 0.1) is 0 Å². The van der Waals surface area contributed by atoms with Gasteiger partial charge in [-0.1, -0.05) is 22.6 Å². The van der Waals surface area contributed by atoms with E-state index >= 15 is 0 Å². The topological polar surface area (TPSA) is 0 Å². The molecular weight excluding hydrogens is 336 g/mol. The fraction of sp³-hybridized carbons (Fsp3) is 1.00. The summed E-state index contributed by atoms with van der Waals surface area (Å²) < 4.78 is 0. The first-order valence-electron chi connectivity index (χ1n) is 0.378. The first-order chi connectivity index (χ1) is 1.00. The molecule has 0 aliphatic rings. The maximum Gasteiger partial charge on any atom is 1.00 e. The summed E-state index contributed by atoms with van der Waals surface area (Å²) in [6.45, 7) is 0. The number of hydrogen-bond acceptors (Lipinski definition) is 0. The minimum absolute atomic E-state index is 0. The Hall–Kier alpha value is 3.53. The predicted octanol–water partition coefficient (Wildman–Crippen LogP) is -1.16. The standard InChI is InChI=1S/CH3I.HI.K.H3P.H/c1-2;;;;/h1H3;1H;;1H3;/q;;+1;;-1/i;;;;1+1. The maximum atomic E-state index is 2.15. The molecule has 0 fully saturated rings. The van der Waals surface area contributed by atoms with Crippen molar-refractivity contribution in [2.75, 3.05) is 4.93 Å². The van der Waals surface area contributed by atoms with Crippen LogP contribution in [-0.2, 0) is 0 Å². The molecule has 32 valence electrons. The average molecular weight is 345 g/mol. The van der Waals surface area contributed by atoms with Crippen LogP contribution in [0.25, 0.3) is 0 Å². The smallest absolute Gasteiger partial charge is 1.00 e. The molecule has 0 aromatic heterocycles. The van der Waals surface area contributed by atoms with Gasteiger partial charge < -0.3 is 1.43 Å². The van der Waals surface area contributed by atoms with E-state index in [4.69, 9.17) is 0 Å². The third kappa shape index (κ3) is 18.5. The van der Waals surface area contributed by atoms with Gasteiger partial charge in [0.2, 0.25) is 0 Å². The second-order valence-corrected chi connectivity index (χ2v) is 0. The van der Waals surface area contributed by atoms with Crippen molar-refractivity contribution in [1.82, 2.24) is 0 Å². The summed E-state index contributed by atoms with van der Waals surface area (Å²) in [5.74, 6) is 0. The second kappa shape index (κ2) is 25.8. The van der Waals surface area contributed by atoms with Gasteiger partial charge in [-0.15, -0.1) is 24.0 Å². The van der Waals surface area contributed by atoms with Gasteiger partial charge in [0.15, 0.2) is 0 Å². The number of halogens is 2. The molecule has 0 amide bonds. The molecule has 0 aliphatic heterocycles. The van der Waals surface area contributed by atoms with E-state index in [9.17, 15) is 0 Å². The Labute approximate surface area is 111 Å². The van der Waals surface area contributed by atoms with Gasteiger partial charge in [-0.2, -0.15) is 9.90 Å². The summed E-state index contributed by atoms with van der Waals surface area (Å²) in [7, 11) is 0. The van der Waals surface area contributed by atoms with Crippen LogP contribution in [0.3, 0.4) is 0 Å². The SMILES string of the molecule is CI.I.P.[2H-].[K+]. The fourth-order valence-electron chi connectivity index (χ4n) is 0. The summed E-state index contributed by atoms with van der Waals surface area (Å²) in [4.78, 5) is 1.97. The zero-order valence-electron chi connectivity index (χ0n) is 4.49. The van der Waals surface area contributed by atoms with E-state index in [1.807, 2.05) is 4.93 Å². The Morgan fingerprint density at radius 3 is 1.40 bits per heavy atom. The molecule has 0 rings (SSSR count). The Bertz CT molecular complexity index is 13.5. The zero-order chi connectivity index (χ0) is 2.00. The van der Waals surface area contributed by atoms with Crippen molar-refractivity contribution in [3.8, 4) is 0 Å². The quantitative estimate of drug-likeness (QED) is 0.225. The Balaban J connectivity index is -0.000000000833. The number of hydrogen-bond donors (Lipinski definition) is 0. The molecule has 0 aromatic carbocycles. The van der Waals surface area contributed by atoms with E-state index in [1.165, 1.54) is 0 Å². The summed E-state index contributed by atoms with van der Waals surface area (Å²) in [6.07, 6.45) is 0. The van der Waals surface area contributed by atoms with Gasteiger partial charge in [0.1, 0.15) is 0 Å². The molecule has 0 nitrogen and oxygen atoms in total. The molecule has 0 bridgehead atoms. The third-order valence-corrected chi connectivity index (χ3v) is 0. The first kappa shape index (κ1) is 23.6. The van der Waals surface area contributed by atoms with Crippen LogP contribution in [0, 0.1) is 0 Å². The molecule has 1 atom stereocenters. The monoisotopic (exact) mass is 345 g/mol. The molecule has 0 saturated carbocycles. The summed E-state index contributed by atoms with van der Waals surface area (Å²) >= 11 is 2.15. The van der Waals surface area contributed by atoms with Crippen LogP contribution in [0.2, 0.25) is 0 Å². The van der Waals surface area contributed by atoms with Crippen LogP contribution < -0.4 is 51.4 Å². The van der Waals surface area contributed by atoms with Crippen molar-refractivity contribution >= 4 is 56.5 Å². The Morgan fingerprint density at radius 1 is 1.40 bits per heavy atom. The Morgan fingerprint density at radius 2 is 1.40 bits per heavy atom. The van der Waals surface area contributed by atoms with Crippen LogP contribution in [0.4, 0.5) is 0 Å². The van der Waals surface area contributed by atoms with Gasteiger partial charge in [-0.05, 0) is 4.93 Å². The van der Waals surface area contributed by atoms with Crippen LogP contribution >= 0.6 is 56.5 Å². The van der Waals surface area contributed by atoms with E-state index in [1.54, 1.807) is 0 Å². The van der Waals surface area contributed by atoms with Crippen LogP contribution in [0.5, 0.6) is 0 Å². The number of rotatable bonds is 0. The van der Waals surface area contributed by atoms with Crippen molar-refractivity contribution < 1.29 is 52.8 Å². The molecule has 0 N–H and O–H groups in total. The predicted molar refractivity (Wildman–Crippen MR) is 47.6 cm³/mol. The fourth-order valence-corrected chi connectivity index (χ4v) is 0. The number of alkyl halides is 1. The van der Waals surface area contributed by atoms with Gasteiger partial charge >= 0.3 is 51.4 Å². The molecule has 4 heteroatoms. The van der Waals surface area contributed by atoms with Crippen molar-refractivity contribution in [3.05, 3.63) is 0 Å². The largest absolute Gasteiger partial charge is 1.00 e. The normalized spacial score (nSPS) is 1.20. The van der Waals surface area contributed by atoms with E-state index < -0.39 is 0 Å². The molecule has 0 heterocycles. The van der Waals surface area contributed by atoms with Crippen LogP contribution in [0.15, 0.2) is 0 Å². The summed E-state index contributed by atoms with van der Waals surface area (Å²) in [5.41, 5.74) is 0. The van der Waals surface area contributed by atoms with Crippen LogP contribution in [0.1, 0.15) is 1.43 Å². The minimum atomic E-state index is 0. The average Bonchev–Trinajstić information content (AvgIpc) is 1.00. The minimum Gasteiger partial charge on any atom is -1.00 e. The van der Waals surface area contributed by atoms with Crippen LogP contribution in [-0.4, -0.2) is 4.93 Å². The second-order valence-electron chi connectivity index (χ2n) is 0. The third-order valence-electron chi connectivity index (χ3n) is 0. The van der Waals surface area contributed by atoms with Gasteiger partial charge in [-0.3, -0.25) is 0 Å². The Kier molecular flexibility index (Phi) is 122. The molecule has 0 spiro atoms. The van der Waals surface area contributed by atoms with E-state index in [-0.39, 0.29) is 86.7 Å². The van der Waals surface area contributed by atoms with E-state index in [0.29, 0.717) is 0 Å². The van der Waals surface area contributed by atoms with Gasteiger partial charge in [0.25, 0.3) is 0 Å². The van der Waals surface area contributed by atoms with Crippen molar-refractivity contribution in [2.45, 2.75) is 0 Å². The molecule has 5 heavy (non-hydrogen) atoms. The molecule has 0 radical (unpaired) electrons. The molecule has 0 saturated heterocycles. The van der Waals surface area contributed by atoms with E-state index in [2.05, 4.69) is 22.6 Å². The van der Waals surface area contributed by atoms with E-state index in [0.717, 1.165) is 0 Å². The summed E-state index contributed by atoms with van der Waals surface area (Å²) in [5, 5.41) is 0. The summed E-state index contributed by atoms with van der Waals surface area (Å²) in [6, 6.07) is 0.